The minimum absolute atomic E-state index is 0.537. The second kappa shape index (κ2) is 5.40. The normalized spacial score (nSPS) is 23.8. The molecule has 0 bridgehead atoms. The van der Waals surface area contributed by atoms with Crippen LogP contribution >= 0.6 is 22.9 Å². The van der Waals surface area contributed by atoms with Crippen LogP contribution < -0.4 is 0 Å². The smallest absolute Gasteiger partial charge is 0.207 e. The number of aromatic nitrogens is 2. The van der Waals surface area contributed by atoms with Crippen molar-refractivity contribution >= 4 is 22.9 Å². The van der Waals surface area contributed by atoms with Crippen LogP contribution in [-0.4, -0.2) is 52.2 Å². The summed E-state index contributed by atoms with van der Waals surface area (Å²) in [7, 11) is 0. The van der Waals surface area contributed by atoms with Gasteiger partial charge in [0.05, 0.1) is 6.54 Å². The molecule has 1 aromatic heterocycles. The topological polar surface area (TPSA) is 32.3 Å². The molecular weight excluding hydrogens is 244 g/mol. The van der Waals surface area contributed by atoms with Gasteiger partial charge < -0.3 is 0 Å². The maximum atomic E-state index is 5.77. The zero-order valence-corrected chi connectivity index (χ0v) is 11.3. The van der Waals surface area contributed by atoms with Gasteiger partial charge in [0.15, 0.2) is 0 Å². The van der Waals surface area contributed by atoms with Gasteiger partial charge in [-0.2, -0.15) is 0 Å². The number of halogens is 1. The van der Waals surface area contributed by atoms with Gasteiger partial charge in [0.2, 0.25) is 4.47 Å². The molecule has 0 N–H and O–H groups in total. The minimum Gasteiger partial charge on any atom is -0.298 e. The van der Waals surface area contributed by atoms with Crippen LogP contribution in [0.15, 0.2) is 0 Å². The molecule has 2 rings (SSSR count). The summed E-state index contributed by atoms with van der Waals surface area (Å²) in [5.41, 5.74) is 0. The molecule has 2 heterocycles. The Kier molecular flexibility index (Phi) is 4.13. The van der Waals surface area contributed by atoms with Gasteiger partial charge in [-0.1, -0.05) is 18.3 Å². The van der Waals surface area contributed by atoms with Crippen LogP contribution in [0.3, 0.4) is 0 Å². The number of hydrogen-bond donors (Lipinski definition) is 0. The Morgan fingerprint density at radius 3 is 2.81 bits per heavy atom. The lowest BCUT2D eigenvalue weighted by Crippen LogP contribution is -2.51. The van der Waals surface area contributed by atoms with Gasteiger partial charge in [0, 0.05) is 25.7 Å². The molecule has 1 aliphatic heterocycles. The van der Waals surface area contributed by atoms with E-state index in [0.717, 1.165) is 37.7 Å². The second-order valence-corrected chi connectivity index (χ2v) is 5.81. The summed E-state index contributed by atoms with van der Waals surface area (Å²) in [5, 5.41) is 8.90. The number of piperazine rings is 1. The van der Waals surface area contributed by atoms with Crippen LogP contribution in [0.5, 0.6) is 0 Å². The third kappa shape index (κ3) is 2.91. The van der Waals surface area contributed by atoms with Crippen molar-refractivity contribution < 1.29 is 0 Å². The highest BCUT2D eigenvalue weighted by Gasteiger charge is 2.22. The molecule has 1 aliphatic rings. The van der Waals surface area contributed by atoms with Crippen LogP contribution in [0, 0.1) is 0 Å². The summed E-state index contributed by atoms with van der Waals surface area (Å²) in [5.74, 6) is 0. The highest BCUT2D eigenvalue weighted by Crippen LogP contribution is 2.18. The minimum atomic E-state index is 0.537. The molecule has 4 nitrogen and oxygen atoms in total. The van der Waals surface area contributed by atoms with Crippen molar-refractivity contribution in [2.45, 2.75) is 26.4 Å². The summed E-state index contributed by atoms with van der Waals surface area (Å²) in [6.45, 7) is 9.87. The maximum absolute atomic E-state index is 5.77. The molecule has 90 valence electrons. The molecule has 0 aromatic carbocycles. The molecule has 1 aromatic rings. The van der Waals surface area contributed by atoms with Crippen LogP contribution in [-0.2, 0) is 6.54 Å². The number of rotatable bonds is 3. The number of hydrogen-bond acceptors (Lipinski definition) is 5. The Labute approximate surface area is 105 Å². The van der Waals surface area contributed by atoms with E-state index in [0.29, 0.717) is 10.5 Å². The molecule has 1 atom stereocenters. The van der Waals surface area contributed by atoms with Crippen LogP contribution in [0.1, 0.15) is 18.9 Å². The average molecular weight is 261 g/mol. The third-order valence-corrected chi connectivity index (χ3v) is 4.06. The first kappa shape index (κ1) is 12.2. The molecule has 1 saturated heterocycles. The average Bonchev–Trinajstić information content (AvgIpc) is 2.64. The molecule has 1 fully saturated rings. The Bertz CT molecular complexity index is 343. The van der Waals surface area contributed by atoms with E-state index in [1.54, 1.807) is 0 Å². The zero-order chi connectivity index (χ0) is 11.5. The first-order valence-corrected chi connectivity index (χ1v) is 6.82. The lowest BCUT2D eigenvalue weighted by Gasteiger charge is -2.38. The van der Waals surface area contributed by atoms with Crippen molar-refractivity contribution in [3.8, 4) is 0 Å². The van der Waals surface area contributed by atoms with E-state index in [4.69, 9.17) is 11.6 Å². The van der Waals surface area contributed by atoms with Gasteiger partial charge >= 0.3 is 0 Å². The first-order valence-electron chi connectivity index (χ1n) is 5.63. The van der Waals surface area contributed by atoms with Crippen molar-refractivity contribution in [3.05, 3.63) is 9.47 Å². The van der Waals surface area contributed by atoms with Gasteiger partial charge in [-0.25, -0.2) is 0 Å². The number of nitrogens with zero attached hydrogens (tertiary/aromatic N) is 4. The van der Waals surface area contributed by atoms with Gasteiger partial charge in [-0.05, 0) is 25.1 Å². The summed E-state index contributed by atoms with van der Waals surface area (Å²) in [6, 6.07) is 0.627. The molecule has 16 heavy (non-hydrogen) atoms. The lowest BCUT2D eigenvalue weighted by atomic mass is 10.2. The molecule has 0 amide bonds. The largest absolute Gasteiger partial charge is 0.298 e. The van der Waals surface area contributed by atoms with Gasteiger partial charge in [0.1, 0.15) is 5.01 Å². The van der Waals surface area contributed by atoms with E-state index >= 15 is 0 Å². The van der Waals surface area contributed by atoms with E-state index in [2.05, 4.69) is 33.8 Å². The molecule has 6 heteroatoms. The fourth-order valence-electron chi connectivity index (χ4n) is 2.17. The van der Waals surface area contributed by atoms with E-state index < -0.39 is 0 Å². The predicted molar refractivity (Wildman–Crippen MR) is 66.9 cm³/mol. The fourth-order valence-corrected chi connectivity index (χ4v) is 3.08. The van der Waals surface area contributed by atoms with E-state index in [-0.39, 0.29) is 0 Å². The molecule has 0 saturated carbocycles. The molecule has 1 unspecified atom stereocenters. The molecule has 0 radical (unpaired) electrons. The van der Waals surface area contributed by atoms with Gasteiger partial charge in [0.25, 0.3) is 0 Å². The Morgan fingerprint density at radius 2 is 2.25 bits per heavy atom. The SMILES string of the molecule is CCN1CCN(Cc2nnc(Cl)s2)CC1C. The Hall–Kier alpha value is -0.230. The van der Waals surface area contributed by atoms with Gasteiger partial charge in [-0.15, -0.1) is 10.2 Å². The fraction of sp³-hybridized carbons (Fsp3) is 0.800. The Morgan fingerprint density at radius 1 is 1.44 bits per heavy atom. The monoisotopic (exact) mass is 260 g/mol. The van der Waals surface area contributed by atoms with Crippen molar-refractivity contribution in [2.24, 2.45) is 0 Å². The van der Waals surface area contributed by atoms with Gasteiger partial charge in [-0.3, -0.25) is 9.80 Å². The van der Waals surface area contributed by atoms with E-state index in [1.807, 2.05) is 0 Å². The zero-order valence-electron chi connectivity index (χ0n) is 9.69. The van der Waals surface area contributed by atoms with Crippen molar-refractivity contribution in [1.82, 2.24) is 20.0 Å². The maximum Gasteiger partial charge on any atom is 0.207 e. The quantitative estimate of drug-likeness (QED) is 0.829. The summed E-state index contributed by atoms with van der Waals surface area (Å²) in [4.78, 5) is 4.93. The molecular formula is C10H17ClN4S. The lowest BCUT2D eigenvalue weighted by molar-refractivity contribution is 0.0833. The van der Waals surface area contributed by atoms with Crippen molar-refractivity contribution in [1.29, 1.82) is 0 Å². The van der Waals surface area contributed by atoms with Crippen LogP contribution in [0.4, 0.5) is 0 Å². The van der Waals surface area contributed by atoms with Crippen LogP contribution in [0.2, 0.25) is 4.47 Å². The summed E-state index contributed by atoms with van der Waals surface area (Å²) >= 11 is 7.25. The summed E-state index contributed by atoms with van der Waals surface area (Å²) < 4.78 is 0.537. The van der Waals surface area contributed by atoms with Crippen molar-refractivity contribution in [3.63, 3.8) is 0 Å². The third-order valence-electron chi connectivity index (χ3n) is 3.06. The van der Waals surface area contributed by atoms with Crippen molar-refractivity contribution in [2.75, 3.05) is 26.2 Å². The second-order valence-electron chi connectivity index (χ2n) is 4.16. The molecule has 0 aliphatic carbocycles. The highest BCUT2D eigenvalue weighted by atomic mass is 35.5. The van der Waals surface area contributed by atoms with E-state index in [1.165, 1.54) is 11.3 Å². The highest BCUT2D eigenvalue weighted by molar-refractivity contribution is 7.15. The predicted octanol–water partition coefficient (Wildman–Crippen LogP) is 1.72. The van der Waals surface area contributed by atoms with E-state index in [9.17, 15) is 0 Å². The first-order chi connectivity index (χ1) is 7.69. The summed E-state index contributed by atoms with van der Waals surface area (Å²) in [6.07, 6.45) is 0. The molecule has 0 spiro atoms. The van der Waals surface area contributed by atoms with Crippen LogP contribution in [0.25, 0.3) is 0 Å². The number of likely N-dealkylation sites (N-methyl/N-ethyl adjacent to an activating group) is 1. The standard InChI is InChI=1S/C10H17ClN4S/c1-3-15-5-4-14(6-8(15)2)7-9-12-13-10(11)16-9/h8H,3-7H2,1-2H3. The Balaban J connectivity index is 1.88.